The molecule has 0 saturated heterocycles. The fourth-order valence-corrected chi connectivity index (χ4v) is 1.90. The first-order chi connectivity index (χ1) is 9.02. The summed E-state index contributed by atoms with van der Waals surface area (Å²) in [4.78, 5) is 11.5. The number of phenolic OH excluding ortho intramolecular Hbond substituents is 1. The van der Waals surface area contributed by atoms with Crippen molar-refractivity contribution in [3.8, 4) is 16.9 Å². The van der Waals surface area contributed by atoms with E-state index < -0.39 is 5.91 Å². The molecule has 4 heteroatoms. The zero-order valence-corrected chi connectivity index (χ0v) is 10.9. The molecule has 98 valence electrons. The molecular weight excluding hydrogens is 240 g/mol. The minimum absolute atomic E-state index is 0.0875. The summed E-state index contributed by atoms with van der Waals surface area (Å²) in [5.41, 5.74) is 6.43. The first-order valence-electron chi connectivity index (χ1n) is 5.94. The van der Waals surface area contributed by atoms with Gasteiger partial charge in [-0.3, -0.25) is 10.2 Å². The molecule has 0 atom stereocenters. The van der Waals surface area contributed by atoms with E-state index in [1.807, 2.05) is 37.5 Å². The Balaban J connectivity index is 2.51. The van der Waals surface area contributed by atoms with Crippen LogP contribution in [0.4, 0.5) is 0 Å². The number of hydrogen-bond acceptors (Lipinski definition) is 3. The molecule has 0 radical (unpaired) electrons. The van der Waals surface area contributed by atoms with Crippen LogP contribution in [0, 0.1) is 13.8 Å². The topological polar surface area (TPSA) is 75.3 Å². The van der Waals surface area contributed by atoms with E-state index in [0.717, 1.165) is 11.1 Å². The number of benzene rings is 2. The van der Waals surface area contributed by atoms with Crippen LogP contribution in [0.5, 0.6) is 5.75 Å². The molecule has 0 saturated carbocycles. The third kappa shape index (κ3) is 2.58. The number of carbonyl (C=O) groups is 1. The summed E-state index contributed by atoms with van der Waals surface area (Å²) >= 11 is 0. The van der Waals surface area contributed by atoms with Crippen LogP contribution < -0.4 is 11.3 Å². The van der Waals surface area contributed by atoms with Gasteiger partial charge in [0.2, 0.25) is 0 Å². The summed E-state index contributed by atoms with van der Waals surface area (Å²) in [6.45, 7) is 4.08. The first kappa shape index (κ1) is 13.1. The molecule has 0 unspecified atom stereocenters. The Kier molecular flexibility index (Phi) is 3.53. The van der Waals surface area contributed by atoms with E-state index in [9.17, 15) is 9.90 Å². The lowest BCUT2D eigenvalue weighted by molar-refractivity contribution is 0.0951. The third-order valence-electron chi connectivity index (χ3n) is 3.21. The Morgan fingerprint density at radius 3 is 2.32 bits per heavy atom. The smallest absolute Gasteiger partial charge is 0.268 e. The number of amides is 1. The number of nitrogen functional groups attached to an aromatic ring is 1. The third-order valence-corrected chi connectivity index (χ3v) is 3.21. The Hall–Kier alpha value is -2.33. The monoisotopic (exact) mass is 256 g/mol. The Bertz CT molecular complexity index is 636. The number of carbonyl (C=O) groups excluding carboxylic acids is 1. The lowest BCUT2D eigenvalue weighted by Crippen LogP contribution is -2.30. The number of nitrogens with one attached hydrogen (secondary N) is 1. The second-order valence-electron chi connectivity index (χ2n) is 4.50. The molecule has 0 bridgehead atoms. The van der Waals surface area contributed by atoms with E-state index in [-0.39, 0.29) is 11.3 Å². The summed E-state index contributed by atoms with van der Waals surface area (Å²) in [5, 5.41) is 9.67. The van der Waals surface area contributed by atoms with Crippen molar-refractivity contribution in [2.45, 2.75) is 13.8 Å². The van der Waals surface area contributed by atoms with Crippen LogP contribution in [0.1, 0.15) is 21.5 Å². The highest BCUT2D eigenvalue weighted by atomic mass is 16.3. The first-order valence-corrected chi connectivity index (χ1v) is 5.94. The number of hydrazine groups is 1. The maximum absolute atomic E-state index is 11.5. The largest absolute Gasteiger partial charge is 0.507 e. The van der Waals surface area contributed by atoms with Gasteiger partial charge in [-0.05, 0) is 48.2 Å². The van der Waals surface area contributed by atoms with Gasteiger partial charge in [-0.2, -0.15) is 0 Å². The van der Waals surface area contributed by atoms with E-state index in [1.165, 1.54) is 17.2 Å². The van der Waals surface area contributed by atoms with Crippen LogP contribution in [0.15, 0.2) is 36.4 Å². The highest BCUT2D eigenvalue weighted by Gasteiger charge is 2.11. The molecular formula is C15H16N2O2. The minimum atomic E-state index is -0.511. The fourth-order valence-electron chi connectivity index (χ4n) is 1.90. The van der Waals surface area contributed by atoms with E-state index in [1.54, 1.807) is 12.1 Å². The van der Waals surface area contributed by atoms with E-state index >= 15 is 0 Å². The van der Waals surface area contributed by atoms with Crippen LogP contribution in [-0.4, -0.2) is 11.0 Å². The number of hydrogen-bond donors (Lipinski definition) is 3. The molecule has 19 heavy (non-hydrogen) atoms. The minimum Gasteiger partial charge on any atom is -0.507 e. The van der Waals surface area contributed by atoms with Crippen molar-refractivity contribution in [1.82, 2.24) is 5.43 Å². The van der Waals surface area contributed by atoms with Gasteiger partial charge in [0.1, 0.15) is 5.75 Å². The van der Waals surface area contributed by atoms with Gasteiger partial charge in [0.25, 0.3) is 5.91 Å². The van der Waals surface area contributed by atoms with Crippen molar-refractivity contribution >= 4 is 5.91 Å². The average molecular weight is 256 g/mol. The normalized spacial score (nSPS) is 10.3. The van der Waals surface area contributed by atoms with Gasteiger partial charge in [0, 0.05) is 0 Å². The summed E-state index contributed by atoms with van der Waals surface area (Å²) in [6, 6.07) is 11.0. The van der Waals surface area contributed by atoms with Crippen LogP contribution in [-0.2, 0) is 0 Å². The zero-order chi connectivity index (χ0) is 14.0. The molecule has 0 aromatic heterocycles. The molecule has 0 fully saturated rings. The number of phenols is 1. The molecule has 0 aliphatic rings. The SMILES string of the molecule is Cc1ccc(-c2ccc(O)c(C(=O)NN)c2)cc1C. The molecule has 4 nitrogen and oxygen atoms in total. The zero-order valence-electron chi connectivity index (χ0n) is 10.9. The van der Waals surface area contributed by atoms with Gasteiger partial charge in [-0.1, -0.05) is 24.3 Å². The van der Waals surface area contributed by atoms with Gasteiger partial charge in [0.05, 0.1) is 5.56 Å². The molecule has 1 amide bonds. The lowest BCUT2D eigenvalue weighted by Gasteiger charge is -2.09. The Morgan fingerprint density at radius 1 is 1.05 bits per heavy atom. The summed E-state index contributed by atoms with van der Waals surface area (Å²) in [5.74, 6) is 4.50. The Labute approximate surface area is 111 Å². The maximum atomic E-state index is 11.5. The second-order valence-corrected chi connectivity index (χ2v) is 4.50. The van der Waals surface area contributed by atoms with Crippen LogP contribution in [0.25, 0.3) is 11.1 Å². The van der Waals surface area contributed by atoms with E-state index in [2.05, 4.69) is 0 Å². The number of aromatic hydroxyl groups is 1. The van der Waals surface area contributed by atoms with Crippen molar-refractivity contribution in [1.29, 1.82) is 0 Å². The molecule has 2 aromatic rings. The predicted octanol–water partition coefficient (Wildman–Crippen LogP) is 2.28. The van der Waals surface area contributed by atoms with Crippen LogP contribution >= 0.6 is 0 Å². The van der Waals surface area contributed by atoms with Gasteiger partial charge >= 0.3 is 0 Å². The number of nitrogens with two attached hydrogens (primary N) is 1. The highest BCUT2D eigenvalue weighted by molar-refractivity contribution is 5.97. The highest BCUT2D eigenvalue weighted by Crippen LogP contribution is 2.27. The lowest BCUT2D eigenvalue weighted by atomic mass is 9.98. The Morgan fingerprint density at radius 2 is 1.68 bits per heavy atom. The van der Waals surface area contributed by atoms with Gasteiger partial charge in [0.15, 0.2) is 0 Å². The fraction of sp³-hybridized carbons (Fsp3) is 0.133. The predicted molar refractivity (Wildman–Crippen MR) is 74.7 cm³/mol. The quantitative estimate of drug-likeness (QED) is 0.438. The molecule has 0 aliphatic heterocycles. The standard InChI is InChI=1S/C15H16N2O2/c1-9-3-4-11(7-10(9)2)12-5-6-14(18)13(8-12)15(19)17-16/h3-8,18H,16H2,1-2H3,(H,17,19). The second kappa shape index (κ2) is 5.12. The number of aryl methyl sites for hydroxylation is 2. The molecule has 0 heterocycles. The summed E-state index contributed by atoms with van der Waals surface area (Å²) < 4.78 is 0. The maximum Gasteiger partial charge on any atom is 0.268 e. The van der Waals surface area contributed by atoms with Gasteiger partial charge < -0.3 is 5.11 Å². The molecule has 2 aromatic carbocycles. The van der Waals surface area contributed by atoms with Crippen LogP contribution in [0.2, 0.25) is 0 Å². The average Bonchev–Trinajstić information content (AvgIpc) is 2.41. The molecule has 2 rings (SSSR count). The molecule has 4 N–H and O–H groups in total. The number of rotatable bonds is 2. The molecule has 0 aliphatic carbocycles. The summed E-state index contributed by atoms with van der Waals surface area (Å²) in [7, 11) is 0. The van der Waals surface area contributed by atoms with Crippen molar-refractivity contribution in [2.24, 2.45) is 5.84 Å². The van der Waals surface area contributed by atoms with E-state index in [0.29, 0.717) is 0 Å². The van der Waals surface area contributed by atoms with Crippen molar-refractivity contribution in [2.75, 3.05) is 0 Å². The van der Waals surface area contributed by atoms with E-state index in [4.69, 9.17) is 5.84 Å². The summed E-state index contributed by atoms with van der Waals surface area (Å²) in [6.07, 6.45) is 0. The van der Waals surface area contributed by atoms with Crippen molar-refractivity contribution in [3.05, 3.63) is 53.1 Å². The van der Waals surface area contributed by atoms with Crippen molar-refractivity contribution < 1.29 is 9.90 Å². The van der Waals surface area contributed by atoms with Gasteiger partial charge in [-0.25, -0.2) is 5.84 Å². The van der Waals surface area contributed by atoms with Gasteiger partial charge in [-0.15, -0.1) is 0 Å². The van der Waals surface area contributed by atoms with Crippen molar-refractivity contribution in [3.63, 3.8) is 0 Å². The molecule has 0 spiro atoms. The van der Waals surface area contributed by atoms with Crippen LogP contribution in [0.3, 0.4) is 0 Å².